The molecule has 0 aliphatic carbocycles. The lowest BCUT2D eigenvalue weighted by atomic mass is 9.98. The van der Waals surface area contributed by atoms with E-state index in [1.807, 2.05) is 97.9 Å². The predicted octanol–water partition coefficient (Wildman–Crippen LogP) is 6.54. The molecule has 0 unspecified atom stereocenters. The van der Waals surface area contributed by atoms with Gasteiger partial charge in [0.05, 0.1) is 33.0 Å². The smallest absolute Gasteiger partial charge is 0.320 e. The number of ether oxygens (including phenoxy) is 5. The van der Waals surface area contributed by atoms with Gasteiger partial charge in [0.15, 0.2) is 0 Å². The molecule has 0 aliphatic rings. The van der Waals surface area contributed by atoms with Gasteiger partial charge < -0.3 is 28.6 Å². The Balaban J connectivity index is 1.28. The second-order valence-corrected chi connectivity index (χ2v) is 12.0. The number of benzene rings is 4. The van der Waals surface area contributed by atoms with E-state index in [9.17, 15) is 14.4 Å². The lowest BCUT2D eigenvalue weighted by Gasteiger charge is -2.21. The molecule has 2 atom stereocenters. The van der Waals surface area contributed by atoms with Gasteiger partial charge in [-0.25, -0.2) is 0 Å². The van der Waals surface area contributed by atoms with Crippen molar-refractivity contribution in [1.82, 2.24) is 4.90 Å². The van der Waals surface area contributed by atoms with Crippen molar-refractivity contribution in [3.8, 4) is 17.2 Å². The molecule has 0 aromatic heterocycles. The van der Waals surface area contributed by atoms with Crippen LogP contribution in [0.3, 0.4) is 0 Å². The fourth-order valence-corrected chi connectivity index (χ4v) is 5.19. The van der Waals surface area contributed by atoms with Crippen LogP contribution in [-0.2, 0) is 36.7 Å². The first-order valence-electron chi connectivity index (χ1n) is 16.1. The van der Waals surface area contributed by atoms with Crippen molar-refractivity contribution in [2.24, 2.45) is 0 Å². The van der Waals surface area contributed by atoms with Crippen molar-refractivity contribution < 1.29 is 38.1 Å². The second-order valence-electron chi connectivity index (χ2n) is 12.0. The van der Waals surface area contributed by atoms with Gasteiger partial charge in [-0.1, -0.05) is 54.6 Å². The van der Waals surface area contributed by atoms with E-state index >= 15 is 0 Å². The molecule has 0 fully saturated rings. The van der Waals surface area contributed by atoms with Crippen LogP contribution >= 0.6 is 0 Å². The van der Waals surface area contributed by atoms with Crippen molar-refractivity contribution in [2.45, 2.75) is 51.0 Å². The minimum Gasteiger partial charge on any atom is -0.497 e. The van der Waals surface area contributed by atoms with Crippen LogP contribution in [0.2, 0.25) is 0 Å². The average molecular weight is 656 g/mol. The van der Waals surface area contributed by atoms with Crippen LogP contribution in [0.15, 0.2) is 84.9 Å². The first-order valence-corrected chi connectivity index (χ1v) is 16.1. The Kier molecular flexibility index (Phi) is 13.4. The maximum atomic E-state index is 12.8. The molecule has 4 aromatic carbocycles. The first kappa shape index (κ1) is 36.0. The fourth-order valence-electron chi connectivity index (χ4n) is 5.19. The summed E-state index contributed by atoms with van der Waals surface area (Å²) in [7, 11) is 7.14. The van der Waals surface area contributed by atoms with Crippen molar-refractivity contribution in [2.75, 3.05) is 41.5 Å². The normalized spacial score (nSPS) is 12.3. The minimum atomic E-state index is -0.777. The summed E-state index contributed by atoms with van der Waals surface area (Å²) in [6, 6.07) is 27.1. The van der Waals surface area contributed by atoms with Crippen LogP contribution < -0.4 is 14.2 Å². The summed E-state index contributed by atoms with van der Waals surface area (Å²) in [6.45, 7) is 2.52. The molecule has 4 rings (SSSR count). The zero-order valence-electron chi connectivity index (χ0n) is 28.4. The Morgan fingerprint density at radius 3 is 2.23 bits per heavy atom. The molecule has 0 amide bonds. The SMILES string of the molecule is COc1cccc(CCc2ccccc2OC[C@@H](CCN(C)C)OC(=O)CCC(=O)OC(=O)[C@@H](C)c2ccc3cc(OC)ccc3c2)c1. The zero-order chi connectivity index (χ0) is 34.5. The van der Waals surface area contributed by atoms with Gasteiger partial charge in [0, 0.05) is 13.0 Å². The molecular weight excluding hydrogens is 610 g/mol. The number of para-hydroxylation sites is 1. The number of nitrogens with zero attached hydrogens (tertiary/aromatic N) is 1. The third-order valence-electron chi connectivity index (χ3n) is 8.08. The molecule has 0 saturated carbocycles. The van der Waals surface area contributed by atoms with Crippen molar-refractivity contribution in [3.05, 3.63) is 102 Å². The van der Waals surface area contributed by atoms with E-state index in [0.29, 0.717) is 13.0 Å². The number of hydrogen-bond acceptors (Lipinski definition) is 9. The monoisotopic (exact) mass is 655 g/mol. The maximum absolute atomic E-state index is 12.8. The van der Waals surface area contributed by atoms with Gasteiger partial charge in [0.2, 0.25) is 0 Å². The van der Waals surface area contributed by atoms with Crippen LogP contribution in [0.4, 0.5) is 0 Å². The summed E-state index contributed by atoms with van der Waals surface area (Å²) < 4.78 is 27.6. The molecule has 254 valence electrons. The van der Waals surface area contributed by atoms with Gasteiger partial charge in [0.25, 0.3) is 0 Å². The van der Waals surface area contributed by atoms with Gasteiger partial charge >= 0.3 is 17.9 Å². The Morgan fingerprint density at radius 1 is 0.750 bits per heavy atom. The summed E-state index contributed by atoms with van der Waals surface area (Å²) >= 11 is 0. The minimum absolute atomic E-state index is 0.161. The molecule has 48 heavy (non-hydrogen) atoms. The number of rotatable bonds is 17. The van der Waals surface area contributed by atoms with Crippen molar-refractivity contribution in [3.63, 3.8) is 0 Å². The second kappa shape index (κ2) is 17.9. The third kappa shape index (κ3) is 10.8. The third-order valence-corrected chi connectivity index (χ3v) is 8.08. The maximum Gasteiger partial charge on any atom is 0.320 e. The van der Waals surface area contributed by atoms with Crippen molar-refractivity contribution in [1.29, 1.82) is 0 Å². The lowest BCUT2D eigenvalue weighted by Crippen LogP contribution is -2.29. The van der Waals surface area contributed by atoms with E-state index in [4.69, 9.17) is 23.7 Å². The number of hydrogen-bond donors (Lipinski definition) is 0. The number of aryl methyl sites for hydroxylation is 2. The Bertz CT molecular complexity index is 1680. The molecule has 0 spiro atoms. The van der Waals surface area contributed by atoms with Gasteiger partial charge in [-0.05, 0) is 91.7 Å². The number of fused-ring (bicyclic) bond motifs is 1. The van der Waals surface area contributed by atoms with Crippen LogP contribution in [0, 0.1) is 0 Å². The van der Waals surface area contributed by atoms with Gasteiger partial charge in [-0.2, -0.15) is 0 Å². The number of carbonyl (C=O) groups is 3. The highest BCUT2D eigenvalue weighted by atomic mass is 16.6. The van der Waals surface area contributed by atoms with Crippen LogP contribution in [0.5, 0.6) is 17.2 Å². The van der Waals surface area contributed by atoms with Crippen molar-refractivity contribution >= 4 is 28.7 Å². The Hall–Kier alpha value is -4.89. The summed E-state index contributed by atoms with van der Waals surface area (Å²) in [5.74, 6) is -0.392. The summed E-state index contributed by atoms with van der Waals surface area (Å²) in [6.07, 6.45) is 1.10. The number of methoxy groups -OCH3 is 2. The van der Waals surface area contributed by atoms with E-state index in [2.05, 4.69) is 6.07 Å². The summed E-state index contributed by atoms with van der Waals surface area (Å²) in [4.78, 5) is 40.1. The largest absolute Gasteiger partial charge is 0.497 e. The number of carbonyl (C=O) groups excluding carboxylic acids is 3. The average Bonchev–Trinajstić information content (AvgIpc) is 3.10. The van der Waals surface area contributed by atoms with E-state index in [0.717, 1.165) is 57.6 Å². The standard InChI is InChI=1S/C39H45NO8/c1-27(30-15-16-32-25-34(45-5)18-17-31(32)24-30)39(43)48-38(42)20-19-37(41)47-35(21-22-40(2)3)26-46-36-12-7-6-10-29(36)14-13-28-9-8-11-33(23-28)44-4/h6-12,15-18,23-25,27,35H,13-14,19-22,26H2,1-5H3/t27-,35+/m0/s1. The highest BCUT2D eigenvalue weighted by Crippen LogP contribution is 2.26. The molecule has 0 N–H and O–H groups in total. The molecule has 0 bridgehead atoms. The molecule has 0 aliphatic heterocycles. The molecule has 0 heterocycles. The van der Waals surface area contributed by atoms with Crippen LogP contribution in [-0.4, -0.2) is 70.4 Å². The molecule has 4 aromatic rings. The van der Waals surface area contributed by atoms with E-state index in [1.54, 1.807) is 21.1 Å². The van der Waals surface area contributed by atoms with E-state index < -0.39 is 29.9 Å². The predicted molar refractivity (Wildman–Crippen MR) is 185 cm³/mol. The highest BCUT2D eigenvalue weighted by molar-refractivity contribution is 5.92. The van der Waals surface area contributed by atoms with E-state index in [-0.39, 0.29) is 19.4 Å². The summed E-state index contributed by atoms with van der Waals surface area (Å²) in [5.41, 5.74) is 2.92. The lowest BCUT2D eigenvalue weighted by molar-refractivity contribution is -0.163. The Morgan fingerprint density at radius 2 is 1.46 bits per heavy atom. The summed E-state index contributed by atoms with van der Waals surface area (Å²) in [5, 5.41) is 1.91. The Labute approximate surface area is 282 Å². The van der Waals surface area contributed by atoms with Gasteiger partial charge in [-0.3, -0.25) is 14.4 Å². The topological polar surface area (TPSA) is 101 Å². The van der Waals surface area contributed by atoms with Gasteiger partial charge in [0.1, 0.15) is 30.0 Å². The molecule has 9 heteroatoms. The molecular formula is C39H45NO8. The first-order chi connectivity index (χ1) is 23.1. The molecule has 0 radical (unpaired) electrons. The van der Waals surface area contributed by atoms with Crippen LogP contribution in [0.1, 0.15) is 48.8 Å². The molecule has 0 saturated heterocycles. The fraction of sp³-hybridized carbons (Fsp3) is 0.359. The van der Waals surface area contributed by atoms with Crippen LogP contribution in [0.25, 0.3) is 10.8 Å². The van der Waals surface area contributed by atoms with Gasteiger partial charge in [-0.15, -0.1) is 0 Å². The number of esters is 3. The zero-order valence-corrected chi connectivity index (χ0v) is 28.4. The molecule has 9 nitrogen and oxygen atoms in total. The highest BCUT2D eigenvalue weighted by Gasteiger charge is 2.23. The quantitative estimate of drug-likeness (QED) is 0.0928. The van der Waals surface area contributed by atoms with E-state index in [1.165, 1.54) is 0 Å².